The molecule has 7 heteroatoms. The Labute approximate surface area is 197 Å². The molecule has 1 amide bonds. The number of hydrogen-bond acceptors (Lipinski definition) is 6. The van der Waals surface area contributed by atoms with Crippen molar-refractivity contribution >= 4 is 17.5 Å². The number of aromatic nitrogens is 1. The number of dihydropyridines is 1. The number of hydrogen-bond donors (Lipinski definition) is 2. The molecule has 2 aliphatic rings. The van der Waals surface area contributed by atoms with Crippen LogP contribution in [0.15, 0.2) is 94.0 Å². The number of ketones is 1. The van der Waals surface area contributed by atoms with E-state index in [-0.39, 0.29) is 17.6 Å². The number of carbonyl (C=O) groups excluding carboxylic acids is 2. The number of Topliss-reactive ketones (excluding diaryl/α,β-unsaturated/α-hetero) is 1. The summed E-state index contributed by atoms with van der Waals surface area (Å²) in [5, 5.41) is 6.25. The summed E-state index contributed by atoms with van der Waals surface area (Å²) in [5.74, 6) is 1.03. The fourth-order valence-electron chi connectivity index (χ4n) is 4.84. The largest absolute Gasteiger partial charge is 0.497 e. The Bertz CT molecular complexity index is 1290. The molecule has 0 unspecified atom stereocenters. The summed E-state index contributed by atoms with van der Waals surface area (Å²) in [5.41, 5.74) is 3.46. The summed E-state index contributed by atoms with van der Waals surface area (Å²) < 4.78 is 11.0. The van der Waals surface area contributed by atoms with Crippen LogP contribution in [0.3, 0.4) is 0 Å². The average Bonchev–Trinajstić information content (AvgIpc) is 3.39. The molecule has 3 heterocycles. The molecular formula is C27H25N3O4. The lowest BCUT2D eigenvalue weighted by atomic mass is 9.72. The van der Waals surface area contributed by atoms with Crippen LogP contribution >= 0.6 is 0 Å². The lowest BCUT2D eigenvalue weighted by Gasteiger charge is -2.36. The Balaban J connectivity index is 1.58. The molecule has 2 atom stereocenters. The van der Waals surface area contributed by atoms with Gasteiger partial charge in [0.2, 0.25) is 0 Å². The van der Waals surface area contributed by atoms with Gasteiger partial charge in [-0.05, 0) is 55.3 Å². The molecule has 0 bridgehead atoms. The lowest BCUT2D eigenvalue weighted by molar-refractivity contribution is -0.116. The highest BCUT2D eigenvalue weighted by Crippen LogP contribution is 2.46. The number of carbonyl (C=O) groups is 2. The van der Waals surface area contributed by atoms with Crippen molar-refractivity contribution in [3.63, 3.8) is 0 Å². The highest BCUT2D eigenvalue weighted by Gasteiger charge is 2.41. The molecule has 2 aromatic heterocycles. The van der Waals surface area contributed by atoms with Crippen LogP contribution in [0.4, 0.5) is 5.82 Å². The standard InChI is InChI=1S/C27H25N3O4/c1-16-24(27(32)30-23-10-3-4-11-28-23)25(17-7-5-8-19(13-17)33-2)26-20(29-16)14-18(15-21(26)31)22-9-6-12-34-22/h3-13,18,25,29H,14-15H2,1-2H3,(H,28,30,32)/t18-,25-/m0/s1. The second-order valence-electron chi connectivity index (χ2n) is 8.48. The zero-order valence-electron chi connectivity index (χ0n) is 19.0. The van der Waals surface area contributed by atoms with E-state index in [0.717, 1.165) is 17.0 Å². The SMILES string of the molecule is COc1cccc([C@H]2C(C(=O)Nc3ccccn3)=C(C)NC3=C2C(=O)C[C@@H](c2ccco2)C3)c1. The van der Waals surface area contributed by atoms with E-state index in [2.05, 4.69) is 15.6 Å². The van der Waals surface area contributed by atoms with Crippen molar-refractivity contribution < 1.29 is 18.7 Å². The van der Waals surface area contributed by atoms with Gasteiger partial charge in [0, 0.05) is 47.0 Å². The number of pyridine rings is 1. The van der Waals surface area contributed by atoms with Gasteiger partial charge >= 0.3 is 0 Å². The Hall–Kier alpha value is -4.13. The third-order valence-electron chi connectivity index (χ3n) is 6.35. The van der Waals surface area contributed by atoms with Gasteiger partial charge in [-0.1, -0.05) is 18.2 Å². The number of rotatable bonds is 5. The van der Waals surface area contributed by atoms with Gasteiger partial charge in [-0.3, -0.25) is 9.59 Å². The van der Waals surface area contributed by atoms with Crippen molar-refractivity contribution in [2.24, 2.45) is 0 Å². The lowest BCUT2D eigenvalue weighted by Crippen LogP contribution is -2.37. The minimum atomic E-state index is -0.528. The van der Waals surface area contributed by atoms with Gasteiger partial charge in [-0.2, -0.15) is 0 Å². The first-order valence-electron chi connectivity index (χ1n) is 11.2. The molecule has 0 spiro atoms. The molecule has 1 aliphatic carbocycles. The predicted molar refractivity (Wildman–Crippen MR) is 127 cm³/mol. The summed E-state index contributed by atoms with van der Waals surface area (Å²) in [6.07, 6.45) is 4.20. The van der Waals surface area contributed by atoms with E-state index >= 15 is 0 Å². The second kappa shape index (κ2) is 9.02. The molecule has 0 radical (unpaired) electrons. The molecule has 5 rings (SSSR count). The van der Waals surface area contributed by atoms with E-state index in [4.69, 9.17) is 9.15 Å². The molecule has 0 saturated heterocycles. The summed E-state index contributed by atoms with van der Waals surface area (Å²) in [7, 11) is 1.60. The van der Waals surface area contributed by atoms with E-state index < -0.39 is 5.92 Å². The third kappa shape index (κ3) is 4.01. The van der Waals surface area contributed by atoms with Crippen molar-refractivity contribution in [3.8, 4) is 5.75 Å². The number of nitrogens with one attached hydrogen (secondary N) is 2. The van der Waals surface area contributed by atoms with Crippen molar-refractivity contribution in [2.75, 3.05) is 12.4 Å². The Kier molecular flexibility index (Phi) is 5.76. The smallest absolute Gasteiger partial charge is 0.255 e. The molecule has 7 nitrogen and oxygen atoms in total. The molecule has 3 aromatic rings. The molecular weight excluding hydrogens is 430 g/mol. The first-order valence-corrected chi connectivity index (χ1v) is 11.2. The normalized spacial score (nSPS) is 20.0. The number of methoxy groups -OCH3 is 1. The number of nitrogens with zero attached hydrogens (tertiary/aromatic N) is 1. The van der Waals surface area contributed by atoms with Gasteiger partial charge in [-0.15, -0.1) is 0 Å². The van der Waals surface area contributed by atoms with Crippen LogP contribution in [0.5, 0.6) is 5.75 Å². The third-order valence-corrected chi connectivity index (χ3v) is 6.35. The van der Waals surface area contributed by atoms with Gasteiger partial charge in [0.15, 0.2) is 5.78 Å². The van der Waals surface area contributed by atoms with Crippen LogP contribution in [0.1, 0.15) is 42.9 Å². The van der Waals surface area contributed by atoms with Crippen molar-refractivity contribution in [1.82, 2.24) is 10.3 Å². The van der Waals surface area contributed by atoms with Gasteiger partial charge in [0.25, 0.3) is 5.91 Å². The number of benzene rings is 1. The average molecular weight is 456 g/mol. The van der Waals surface area contributed by atoms with Gasteiger partial charge in [-0.25, -0.2) is 4.98 Å². The quantitative estimate of drug-likeness (QED) is 0.580. The number of ether oxygens (including phenoxy) is 1. The predicted octanol–water partition coefficient (Wildman–Crippen LogP) is 4.68. The summed E-state index contributed by atoms with van der Waals surface area (Å²) in [6, 6.07) is 16.6. The van der Waals surface area contributed by atoms with Crippen LogP contribution in [-0.2, 0) is 9.59 Å². The van der Waals surface area contributed by atoms with Crippen LogP contribution in [0.25, 0.3) is 0 Å². The highest BCUT2D eigenvalue weighted by molar-refractivity contribution is 6.09. The maximum atomic E-state index is 13.6. The van der Waals surface area contributed by atoms with Gasteiger partial charge < -0.3 is 19.8 Å². The molecule has 0 saturated carbocycles. The maximum Gasteiger partial charge on any atom is 0.255 e. The highest BCUT2D eigenvalue weighted by atomic mass is 16.5. The Morgan fingerprint density at radius 3 is 2.76 bits per heavy atom. The van der Waals surface area contributed by atoms with Crippen LogP contribution in [-0.4, -0.2) is 23.8 Å². The molecule has 2 N–H and O–H groups in total. The molecule has 172 valence electrons. The molecule has 1 aliphatic heterocycles. The summed E-state index contributed by atoms with van der Waals surface area (Å²) in [4.78, 5) is 31.3. The van der Waals surface area contributed by atoms with E-state index in [1.807, 2.05) is 49.4 Å². The van der Waals surface area contributed by atoms with E-state index in [0.29, 0.717) is 41.3 Å². The second-order valence-corrected chi connectivity index (χ2v) is 8.48. The minimum absolute atomic E-state index is 0.00129. The van der Waals surface area contributed by atoms with E-state index in [1.54, 1.807) is 31.7 Å². The number of anilines is 1. The Morgan fingerprint density at radius 2 is 2.03 bits per heavy atom. The minimum Gasteiger partial charge on any atom is -0.497 e. The Morgan fingerprint density at radius 1 is 1.15 bits per heavy atom. The molecule has 1 aromatic carbocycles. The fraction of sp³-hybridized carbons (Fsp3) is 0.222. The monoisotopic (exact) mass is 455 g/mol. The molecule has 0 fully saturated rings. The first kappa shape index (κ1) is 21.7. The summed E-state index contributed by atoms with van der Waals surface area (Å²) >= 11 is 0. The van der Waals surface area contributed by atoms with Gasteiger partial charge in [0.1, 0.15) is 17.3 Å². The summed E-state index contributed by atoms with van der Waals surface area (Å²) in [6.45, 7) is 1.87. The van der Waals surface area contributed by atoms with Crippen LogP contribution in [0.2, 0.25) is 0 Å². The number of furan rings is 1. The first-order chi connectivity index (χ1) is 16.5. The van der Waals surface area contributed by atoms with E-state index in [1.165, 1.54) is 0 Å². The van der Waals surface area contributed by atoms with E-state index in [9.17, 15) is 9.59 Å². The van der Waals surface area contributed by atoms with Gasteiger partial charge in [0.05, 0.1) is 13.4 Å². The van der Waals surface area contributed by atoms with Crippen molar-refractivity contribution in [3.05, 3.63) is 101 Å². The number of amides is 1. The van der Waals surface area contributed by atoms with Crippen molar-refractivity contribution in [1.29, 1.82) is 0 Å². The zero-order valence-corrected chi connectivity index (χ0v) is 19.0. The molecule has 34 heavy (non-hydrogen) atoms. The zero-order chi connectivity index (χ0) is 23.7. The van der Waals surface area contributed by atoms with Crippen LogP contribution in [0, 0.1) is 0 Å². The maximum absolute atomic E-state index is 13.6. The van der Waals surface area contributed by atoms with Crippen LogP contribution < -0.4 is 15.4 Å². The topological polar surface area (TPSA) is 93.5 Å². The van der Waals surface area contributed by atoms with Crippen molar-refractivity contribution in [2.45, 2.75) is 31.6 Å². The number of allylic oxidation sites excluding steroid dienone is 3. The fourth-order valence-corrected chi connectivity index (χ4v) is 4.84.